The first-order valence-corrected chi connectivity index (χ1v) is 7.03. The van der Waals surface area contributed by atoms with Crippen LogP contribution in [-0.2, 0) is 6.54 Å². The summed E-state index contributed by atoms with van der Waals surface area (Å²) in [6, 6.07) is 14.7. The molecular weight excluding hydrogens is 294 g/mol. The van der Waals surface area contributed by atoms with Crippen LogP contribution in [0.5, 0.6) is 0 Å². The zero-order valence-electron chi connectivity index (χ0n) is 9.61. The fraction of sp³-hybridized carbons (Fsp3) is 0.143. The van der Waals surface area contributed by atoms with E-state index in [1.807, 2.05) is 0 Å². The Kier molecular flexibility index (Phi) is 4.26. The van der Waals surface area contributed by atoms with Gasteiger partial charge in [-0.25, -0.2) is 0 Å². The minimum Gasteiger partial charge on any atom is -0.326 e. The van der Waals surface area contributed by atoms with Gasteiger partial charge in [-0.2, -0.15) is 0 Å². The molecule has 0 aromatic heterocycles. The molecule has 3 heteroatoms. The molecule has 0 saturated heterocycles. The van der Waals surface area contributed by atoms with Gasteiger partial charge in [-0.15, -0.1) is 0 Å². The number of hydrogen-bond donors (Lipinski definition) is 1. The zero-order valence-corrected chi connectivity index (χ0v) is 12.0. The second-order valence-electron chi connectivity index (χ2n) is 3.84. The molecule has 0 saturated carbocycles. The topological polar surface area (TPSA) is 26.0 Å². The molecule has 0 aliphatic rings. The number of benzene rings is 2. The molecule has 0 unspecified atom stereocenters. The van der Waals surface area contributed by atoms with Gasteiger partial charge in [0.1, 0.15) is 0 Å². The molecule has 2 rings (SSSR count). The molecule has 0 radical (unpaired) electrons. The minimum absolute atomic E-state index is 0.577. The van der Waals surface area contributed by atoms with Gasteiger partial charge in [0.15, 0.2) is 0 Å². The van der Waals surface area contributed by atoms with Crippen molar-refractivity contribution < 1.29 is 0 Å². The number of aryl methyl sites for hydroxylation is 1. The Labute approximate surface area is 115 Å². The Morgan fingerprint density at radius 2 is 1.88 bits per heavy atom. The highest BCUT2D eigenvalue weighted by Crippen LogP contribution is 2.35. The molecule has 0 atom stereocenters. The highest BCUT2D eigenvalue weighted by Gasteiger charge is 2.05. The standard InChI is InChI=1S/C14H14BrNS/c1-10-4-2-3-5-13(10)17-14-7-6-11(9-16)8-12(14)15/h2-8H,9,16H2,1H3. The summed E-state index contributed by atoms with van der Waals surface area (Å²) in [5.41, 5.74) is 8.06. The van der Waals surface area contributed by atoms with E-state index >= 15 is 0 Å². The van der Waals surface area contributed by atoms with Gasteiger partial charge in [-0.1, -0.05) is 36.0 Å². The molecule has 17 heavy (non-hydrogen) atoms. The minimum atomic E-state index is 0.577. The van der Waals surface area contributed by atoms with Crippen LogP contribution in [-0.4, -0.2) is 0 Å². The van der Waals surface area contributed by atoms with Crippen LogP contribution in [0.1, 0.15) is 11.1 Å². The van der Waals surface area contributed by atoms with Crippen molar-refractivity contribution in [3.63, 3.8) is 0 Å². The Morgan fingerprint density at radius 3 is 2.53 bits per heavy atom. The average molecular weight is 308 g/mol. The van der Waals surface area contributed by atoms with Crippen molar-refractivity contribution in [2.45, 2.75) is 23.3 Å². The van der Waals surface area contributed by atoms with E-state index in [9.17, 15) is 0 Å². The molecule has 0 aliphatic carbocycles. The molecule has 88 valence electrons. The van der Waals surface area contributed by atoms with Gasteiger partial charge in [0.05, 0.1) is 0 Å². The van der Waals surface area contributed by atoms with Crippen molar-refractivity contribution in [3.8, 4) is 0 Å². The summed E-state index contributed by atoms with van der Waals surface area (Å²) >= 11 is 5.37. The maximum atomic E-state index is 5.62. The number of nitrogens with two attached hydrogens (primary N) is 1. The first kappa shape index (κ1) is 12.7. The lowest BCUT2D eigenvalue weighted by Crippen LogP contribution is -1.95. The number of rotatable bonds is 3. The Bertz CT molecular complexity index is 525. The lowest BCUT2D eigenvalue weighted by atomic mass is 10.2. The van der Waals surface area contributed by atoms with Crippen LogP contribution in [0.15, 0.2) is 56.7 Å². The maximum Gasteiger partial charge on any atom is 0.0318 e. The molecule has 0 bridgehead atoms. The lowest BCUT2D eigenvalue weighted by molar-refractivity contribution is 1.06. The fourth-order valence-electron chi connectivity index (χ4n) is 1.54. The third kappa shape index (κ3) is 3.12. The Morgan fingerprint density at radius 1 is 1.12 bits per heavy atom. The summed E-state index contributed by atoms with van der Waals surface area (Å²) in [5.74, 6) is 0. The molecule has 1 nitrogen and oxygen atoms in total. The molecule has 2 aromatic carbocycles. The molecule has 0 heterocycles. The van der Waals surface area contributed by atoms with Gasteiger partial charge in [0.25, 0.3) is 0 Å². The lowest BCUT2D eigenvalue weighted by Gasteiger charge is -2.08. The third-order valence-electron chi connectivity index (χ3n) is 2.55. The number of halogens is 1. The van der Waals surface area contributed by atoms with Crippen molar-refractivity contribution in [2.24, 2.45) is 5.73 Å². The van der Waals surface area contributed by atoms with Crippen molar-refractivity contribution in [2.75, 3.05) is 0 Å². The van der Waals surface area contributed by atoms with Crippen molar-refractivity contribution in [3.05, 3.63) is 58.1 Å². The average Bonchev–Trinajstić information content (AvgIpc) is 2.34. The second-order valence-corrected chi connectivity index (χ2v) is 5.77. The SMILES string of the molecule is Cc1ccccc1Sc1ccc(CN)cc1Br. The third-order valence-corrected chi connectivity index (χ3v) is 4.72. The highest BCUT2D eigenvalue weighted by molar-refractivity contribution is 9.10. The van der Waals surface area contributed by atoms with E-state index in [1.165, 1.54) is 15.4 Å². The van der Waals surface area contributed by atoms with Crippen LogP contribution in [0.3, 0.4) is 0 Å². The van der Waals surface area contributed by atoms with Crippen LogP contribution in [0.4, 0.5) is 0 Å². The summed E-state index contributed by atoms with van der Waals surface area (Å²) in [6.07, 6.45) is 0. The molecule has 2 N–H and O–H groups in total. The predicted molar refractivity (Wildman–Crippen MR) is 77.3 cm³/mol. The highest BCUT2D eigenvalue weighted by atomic mass is 79.9. The largest absolute Gasteiger partial charge is 0.326 e. The van der Waals surface area contributed by atoms with E-state index < -0.39 is 0 Å². The van der Waals surface area contributed by atoms with E-state index in [0.717, 1.165) is 10.0 Å². The van der Waals surface area contributed by atoms with Crippen molar-refractivity contribution in [1.29, 1.82) is 0 Å². The van der Waals surface area contributed by atoms with Gasteiger partial charge < -0.3 is 5.73 Å². The summed E-state index contributed by atoms with van der Waals surface area (Å²) in [4.78, 5) is 2.50. The first-order valence-electron chi connectivity index (χ1n) is 5.42. The van der Waals surface area contributed by atoms with Gasteiger partial charge in [-0.05, 0) is 52.2 Å². The quantitative estimate of drug-likeness (QED) is 0.911. The van der Waals surface area contributed by atoms with E-state index in [1.54, 1.807) is 11.8 Å². The predicted octanol–water partition coefficient (Wildman–Crippen LogP) is 4.37. The van der Waals surface area contributed by atoms with Crippen LogP contribution in [0, 0.1) is 6.92 Å². The van der Waals surface area contributed by atoms with Crippen LogP contribution in [0.2, 0.25) is 0 Å². The zero-order chi connectivity index (χ0) is 12.3. The van der Waals surface area contributed by atoms with E-state index in [-0.39, 0.29) is 0 Å². The molecule has 0 aliphatic heterocycles. The Balaban J connectivity index is 2.28. The van der Waals surface area contributed by atoms with Crippen LogP contribution < -0.4 is 5.73 Å². The van der Waals surface area contributed by atoms with E-state index in [2.05, 4.69) is 65.3 Å². The molecule has 0 spiro atoms. The Hall–Kier alpha value is -0.770. The van der Waals surface area contributed by atoms with Crippen LogP contribution in [0.25, 0.3) is 0 Å². The van der Waals surface area contributed by atoms with Gasteiger partial charge >= 0.3 is 0 Å². The van der Waals surface area contributed by atoms with E-state index in [0.29, 0.717) is 6.54 Å². The second kappa shape index (κ2) is 5.71. The van der Waals surface area contributed by atoms with Crippen molar-refractivity contribution >= 4 is 27.7 Å². The normalized spacial score (nSPS) is 10.5. The monoisotopic (exact) mass is 307 g/mol. The summed E-state index contributed by atoms with van der Waals surface area (Å²) in [6.45, 7) is 2.71. The summed E-state index contributed by atoms with van der Waals surface area (Å²) in [5, 5.41) is 0. The molecular formula is C14H14BrNS. The summed E-state index contributed by atoms with van der Waals surface area (Å²) < 4.78 is 1.11. The molecule has 0 fully saturated rings. The summed E-state index contributed by atoms with van der Waals surface area (Å²) in [7, 11) is 0. The van der Waals surface area contributed by atoms with Gasteiger partial charge in [-0.3, -0.25) is 0 Å². The number of hydrogen-bond acceptors (Lipinski definition) is 2. The first-order chi connectivity index (χ1) is 8.20. The molecule has 0 amide bonds. The van der Waals surface area contributed by atoms with Gasteiger partial charge in [0, 0.05) is 20.8 Å². The van der Waals surface area contributed by atoms with Gasteiger partial charge in [0.2, 0.25) is 0 Å². The smallest absolute Gasteiger partial charge is 0.0318 e. The maximum absolute atomic E-state index is 5.62. The van der Waals surface area contributed by atoms with E-state index in [4.69, 9.17) is 5.73 Å². The van der Waals surface area contributed by atoms with Crippen LogP contribution >= 0.6 is 27.7 Å². The molecule has 2 aromatic rings. The van der Waals surface area contributed by atoms with Crippen molar-refractivity contribution in [1.82, 2.24) is 0 Å². The fourth-order valence-corrected chi connectivity index (χ4v) is 3.12.